The van der Waals surface area contributed by atoms with Crippen LogP contribution in [0, 0.1) is 13.8 Å². The van der Waals surface area contributed by atoms with Crippen LogP contribution in [0.5, 0.6) is 11.5 Å². The van der Waals surface area contributed by atoms with E-state index in [2.05, 4.69) is 11.4 Å². The van der Waals surface area contributed by atoms with E-state index in [1.165, 1.54) is 4.31 Å². The van der Waals surface area contributed by atoms with Crippen molar-refractivity contribution in [3.05, 3.63) is 53.6 Å². The number of benzene rings is 2. The lowest BCUT2D eigenvalue weighted by atomic mass is 10.1. The Morgan fingerprint density at radius 2 is 1.90 bits per heavy atom. The summed E-state index contributed by atoms with van der Waals surface area (Å²) in [6.07, 6.45) is -0.924. The Morgan fingerprint density at radius 3 is 2.59 bits per heavy atom. The lowest BCUT2D eigenvalue weighted by Crippen LogP contribution is -2.51. The lowest BCUT2D eigenvalue weighted by molar-refractivity contribution is -0.127. The van der Waals surface area contributed by atoms with Crippen molar-refractivity contribution in [2.45, 2.75) is 26.9 Å². The summed E-state index contributed by atoms with van der Waals surface area (Å²) in [6.45, 7) is 6.10. The average molecular weight is 419 g/mol. The Morgan fingerprint density at radius 1 is 1.21 bits per heavy atom. The molecule has 1 N–H and O–H groups in total. The van der Waals surface area contributed by atoms with Gasteiger partial charge in [0.05, 0.1) is 24.5 Å². The van der Waals surface area contributed by atoms with E-state index in [1.807, 2.05) is 26.0 Å². The Hall–Kier alpha value is -2.74. The fraction of sp³-hybridized carbons (Fsp3) is 0.381. The number of nitrogens with one attached hydrogen (secondary N) is 1. The third kappa shape index (κ3) is 5.00. The predicted molar refractivity (Wildman–Crippen MR) is 112 cm³/mol. The molecule has 0 unspecified atom stereocenters. The van der Waals surface area contributed by atoms with Crippen LogP contribution < -0.4 is 19.1 Å². The van der Waals surface area contributed by atoms with E-state index >= 15 is 0 Å². The van der Waals surface area contributed by atoms with E-state index in [-0.39, 0.29) is 24.7 Å². The van der Waals surface area contributed by atoms with Gasteiger partial charge >= 0.3 is 0 Å². The van der Waals surface area contributed by atoms with Gasteiger partial charge in [0.2, 0.25) is 10.0 Å². The highest BCUT2D eigenvalue weighted by Gasteiger charge is 2.35. The van der Waals surface area contributed by atoms with Crippen LogP contribution in [0.25, 0.3) is 0 Å². The molecule has 0 spiro atoms. The van der Waals surface area contributed by atoms with Crippen LogP contribution in [0.15, 0.2) is 42.5 Å². The minimum atomic E-state index is -3.52. The van der Waals surface area contributed by atoms with Gasteiger partial charge in [-0.15, -0.1) is 0 Å². The third-order valence-corrected chi connectivity index (χ3v) is 6.34. The van der Waals surface area contributed by atoms with E-state index in [4.69, 9.17) is 9.47 Å². The molecule has 0 saturated heterocycles. The molecular formula is C21H26N2O5S. The summed E-state index contributed by atoms with van der Waals surface area (Å²) in [7, 11) is -3.52. The Balaban J connectivity index is 1.61. The second-order valence-electron chi connectivity index (χ2n) is 6.97. The molecule has 0 bridgehead atoms. The molecule has 29 heavy (non-hydrogen) atoms. The largest absolute Gasteiger partial charge is 0.492 e. The molecule has 2 aromatic rings. The van der Waals surface area contributed by atoms with Gasteiger partial charge in [0, 0.05) is 0 Å². The van der Waals surface area contributed by atoms with Crippen molar-refractivity contribution >= 4 is 21.6 Å². The van der Waals surface area contributed by atoms with Crippen LogP contribution in [0.4, 0.5) is 5.69 Å². The van der Waals surface area contributed by atoms with Crippen molar-refractivity contribution in [2.75, 3.05) is 29.8 Å². The summed E-state index contributed by atoms with van der Waals surface area (Å²) in [5, 5.41) is 2.76. The molecule has 0 saturated carbocycles. The van der Waals surface area contributed by atoms with Gasteiger partial charge < -0.3 is 14.8 Å². The summed E-state index contributed by atoms with van der Waals surface area (Å²) in [4.78, 5) is 12.6. The van der Waals surface area contributed by atoms with Crippen molar-refractivity contribution in [3.8, 4) is 11.5 Å². The van der Waals surface area contributed by atoms with Crippen molar-refractivity contribution in [3.63, 3.8) is 0 Å². The van der Waals surface area contributed by atoms with Crippen LogP contribution in [0.1, 0.15) is 18.1 Å². The number of fused-ring (bicyclic) bond motifs is 1. The highest BCUT2D eigenvalue weighted by atomic mass is 32.2. The maximum absolute atomic E-state index is 12.6. The van der Waals surface area contributed by atoms with Crippen LogP contribution in [-0.4, -0.2) is 45.9 Å². The summed E-state index contributed by atoms with van der Waals surface area (Å²) in [5.41, 5.74) is 2.67. The Kier molecular flexibility index (Phi) is 6.32. The molecular weight excluding hydrogens is 392 g/mol. The van der Waals surface area contributed by atoms with Crippen LogP contribution in [0.2, 0.25) is 0 Å². The van der Waals surface area contributed by atoms with Gasteiger partial charge in [-0.2, -0.15) is 0 Å². The average Bonchev–Trinajstić information content (AvgIpc) is 2.69. The highest BCUT2D eigenvalue weighted by Crippen LogP contribution is 2.35. The number of hydrogen-bond acceptors (Lipinski definition) is 5. The number of nitrogens with zero attached hydrogens (tertiary/aromatic N) is 1. The molecule has 0 aliphatic carbocycles. The number of carbonyl (C=O) groups is 1. The van der Waals surface area contributed by atoms with Crippen molar-refractivity contribution in [1.29, 1.82) is 0 Å². The normalized spacial score (nSPS) is 16.0. The fourth-order valence-corrected chi connectivity index (χ4v) is 4.36. The van der Waals surface area contributed by atoms with Gasteiger partial charge in [-0.05, 0) is 56.2 Å². The molecule has 1 aliphatic rings. The molecule has 1 atom stereocenters. The van der Waals surface area contributed by atoms with E-state index < -0.39 is 16.1 Å². The van der Waals surface area contributed by atoms with Gasteiger partial charge in [0.15, 0.2) is 6.10 Å². The zero-order valence-corrected chi connectivity index (χ0v) is 17.7. The number of ether oxygens (including phenoxy) is 2. The number of carbonyl (C=O) groups excluding carboxylic acids is 1. The number of rotatable bonds is 7. The summed E-state index contributed by atoms with van der Waals surface area (Å²) in [5.74, 6) is 0.696. The van der Waals surface area contributed by atoms with Gasteiger partial charge in [-0.1, -0.05) is 18.2 Å². The second kappa shape index (κ2) is 8.73. The van der Waals surface area contributed by atoms with Gasteiger partial charge in [0.1, 0.15) is 18.1 Å². The molecule has 0 aromatic heterocycles. The standard InChI is InChI=1S/C21H26N2O5S/c1-4-29(25,26)23-14-20(28-19-8-6-5-7-18(19)23)21(24)22-9-10-27-17-12-15(2)11-16(3)13-17/h5-8,11-13,20H,4,9-10,14H2,1-3H3,(H,22,24)/t20-/m0/s1. The minimum absolute atomic E-state index is 0.0561. The highest BCUT2D eigenvalue weighted by molar-refractivity contribution is 7.92. The van der Waals surface area contributed by atoms with Crippen molar-refractivity contribution in [1.82, 2.24) is 5.32 Å². The molecule has 7 nitrogen and oxygen atoms in total. The minimum Gasteiger partial charge on any atom is -0.492 e. The van der Waals surface area contributed by atoms with Crippen molar-refractivity contribution in [2.24, 2.45) is 0 Å². The zero-order chi connectivity index (χ0) is 21.0. The summed E-state index contributed by atoms with van der Waals surface area (Å²) >= 11 is 0. The number of anilines is 1. The topological polar surface area (TPSA) is 84.9 Å². The first-order valence-electron chi connectivity index (χ1n) is 9.55. The van der Waals surface area contributed by atoms with Crippen LogP contribution >= 0.6 is 0 Å². The molecule has 8 heteroatoms. The number of amides is 1. The van der Waals surface area contributed by atoms with E-state index in [1.54, 1.807) is 31.2 Å². The first-order valence-corrected chi connectivity index (χ1v) is 11.2. The van der Waals surface area contributed by atoms with E-state index in [0.717, 1.165) is 16.9 Å². The summed E-state index contributed by atoms with van der Waals surface area (Å²) < 4.78 is 37.6. The molecule has 156 valence electrons. The number of para-hydroxylation sites is 2. The smallest absolute Gasteiger partial charge is 0.263 e. The molecule has 0 radical (unpaired) electrons. The maximum atomic E-state index is 12.6. The molecule has 0 fully saturated rings. The molecule has 3 rings (SSSR count). The fourth-order valence-electron chi connectivity index (χ4n) is 3.23. The maximum Gasteiger partial charge on any atom is 0.263 e. The lowest BCUT2D eigenvalue weighted by Gasteiger charge is -2.34. The summed E-state index contributed by atoms with van der Waals surface area (Å²) in [6, 6.07) is 12.7. The number of sulfonamides is 1. The number of hydrogen-bond donors (Lipinski definition) is 1. The SMILES string of the molecule is CCS(=O)(=O)N1C[C@@H](C(=O)NCCOc2cc(C)cc(C)c2)Oc2ccccc21. The van der Waals surface area contributed by atoms with Gasteiger partial charge in [0.25, 0.3) is 5.91 Å². The molecule has 1 heterocycles. The Bertz CT molecular complexity index is 970. The first kappa shape index (κ1) is 21.0. The monoisotopic (exact) mass is 418 g/mol. The van der Waals surface area contributed by atoms with E-state index in [0.29, 0.717) is 18.0 Å². The van der Waals surface area contributed by atoms with Gasteiger partial charge in [-0.3, -0.25) is 9.10 Å². The first-order chi connectivity index (χ1) is 13.8. The number of aryl methyl sites for hydroxylation is 2. The third-order valence-electron chi connectivity index (χ3n) is 4.59. The van der Waals surface area contributed by atoms with Crippen molar-refractivity contribution < 1.29 is 22.7 Å². The molecule has 1 amide bonds. The van der Waals surface area contributed by atoms with E-state index in [9.17, 15) is 13.2 Å². The van der Waals surface area contributed by atoms with Crippen LogP contribution in [0.3, 0.4) is 0 Å². The van der Waals surface area contributed by atoms with Crippen LogP contribution in [-0.2, 0) is 14.8 Å². The quantitative estimate of drug-likeness (QED) is 0.698. The Labute approximate surface area is 171 Å². The zero-order valence-electron chi connectivity index (χ0n) is 16.8. The second-order valence-corrected chi connectivity index (χ2v) is 9.15. The molecule has 2 aromatic carbocycles. The molecule has 1 aliphatic heterocycles. The predicted octanol–water partition coefficient (Wildman–Crippen LogP) is 2.42. The van der Waals surface area contributed by atoms with Gasteiger partial charge in [-0.25, -0.2) is 8.42 Å².